The molecule has 5 nitrogen and oxygen atoms in total. The van der Waals surface area contributed by atoms with Gasteiger partial charge >= 0.3 is 5.97 Å². The number of benzene rings is 1. The highest BCUT2D eigenvalue weighted by Crippen LogP contribution is 2.19. The molecule has 1 heterocycles. The number of nitrogens with zero attached hydrogens (tertiary/aromatic N) is 3. The van der Waals surface area contributed by atoms with Crippen LogP contribution in [0.1, 0.15) is 26.3 Å². The van der Waals surface area contributed by atoms with Gasteiger partial charge in [0.2, 0.25) is 0 Å². The van der Waals surface area contributed by atoms with Gasteiger partial charge in [0.05, 0.1) is 5.69 Å². The molecule has 2 aromatic rings. The van der Waals surface area contributed by atoms with Gasteiger partial charge in [0.1, 0.15) is 5.54 Å². The van der Waals surface area contributed by atoms with Gasteiger partial charge in [-0.15, -0.1) is 0 Å². The summed E-state index contributed by atoms with van der Waals surface area (Å²) in [4.78, 5) is 13.3. The van der Waals surface area contributed by atoms with E-state index < -0.39 is 11.5 Å². The van der Waals surface area contributed by atoms with Crippen LogP contribution in [0.15, 0.2) is 42.7 Å². The Kier molecular flexibility index (Phi) is 4.43. The van der Waals surface area contributed by atoms with Crippen molar-refractivity contribution in [3.8, 4) is 5.69 Å². The Hall–Kier alpha value is -2.14. The van der Waals surface area contributed by atoms with Crippen LogP contribution in [-0.2, 0) is 11.3 Å². The molecule has 1 aromatic heterocycles. The molecular formula is C16H21N3O2. The predicted octanol–water partition coefficient (Wildman–Crippen LogP) is 2.56. The number of hydrogen-bond donors (Lipinski definition) is 1. The molecule has 0 spiro atoms. The number of carboxylic acid groups (broad SMARTS) is 1. The molecule has 0 fully saturated rings. The first-order chi connectivity index (χ1) is 9.95. The van der Waals surface area contributed by atoms with Gasteiger partial charge in [-0.05, 0) is 44.2 Å². The van der Waals surface area contributed by atoms with E-state index in [9.17, 15) is 9.90 Å². The van der Waals surface area contributed by atoms with Crippen LogP contribution in [0.25, 0.3) is 5.69 Å². The molecule has 0 saturated carbocycles. The topological polar surface area (TPSA) is 58.4 Å². The number of rotatable bonds is 6. The van der Waals surface area contributed by atoms with E-state index >= 15 is 0 Å². The molecule has 0 aliphatic heterocycles. The van der Waals surface area contributed by atoms with E-state index in [4.69, 9.17) is 0 Å². The van der Waals surface area contributed by atoms with Gasteiger partial charge in [-0.3, -0.25) is 9.69 Å². The number of carboxylic acids is 1. The Bertz CT molecular complexity index is 588. The van der Waals surface area contributed by atoms with Crippen LogP contribution >= 0.6 is 0 Å². The summed E-state index contributed by atoms with van der Waals surface area (Å²) in [5.41, 5.74) is 1.20. The van der Waals surface area contributed by atoms with E-state index in [1.807, 2.05) is 48.4 Å². The molecule has 0 aliphatic carbocycles. The maximum absolute atomic E-state index is 11.4. The average molecular weight is 287 g/mol. The van der Waals surface area contributed by atoms with E-state index in [1.54, 1.807) is 24.7 Å². The lowest BCUT2D eigenvalue weighted by Crippen LogP contribution is -2.49. The molecule has 0 amide bonds. The Morgan fingerprint density at radius 2 is 2.00 bits per heavy atom. The van der Waals surface area contributed by atoms with Gasteiger partial charge in [-0.25, -0.2) is 4.68 Å². The van der Waals surface area contributed by atoms with E-state index in [0.29, 0.717) is 13.1 Å². The maximum Gasteiger partial charge on any atom is 0.323 e. The standard InChI is InChI=1S/C16H21N3O2/c1-4-18(16(2,3)15(20)21)12-13-6-8-14(9-7-13)19-11-5-10-17-19/h5-11H,4,12H2,1-3H3,(H,20,21). The van der Waals surface area contributed by atoms with Gasteiger partial charge in [-0.2, -0.15) is 5.10 Å². The van der Waals surface area contributed by atoms with Crippen molar-refractivity contribution in [3.63, 3.8) is 0 Å². The average Bonchev–Trinajstić information content (AvgIpc) is 2.99. The number of likely N-dealkylation sites (N-methyl/N-ethyl adjacent to an activating group) is 1. The van der Waals surface area contributed by atoms with Crippen molar-refractivity contribution in [1.82, 2.24) is 14.7 Å². The lowest BCUT2D eigenvalue weighted by atomic mass is 10.0. The SMILES string of the molecule is CCN(Cc1ccc(-n2cccn2)cc1)C(C)(C)C(=O)O. The van der Waals surface area contributed by atoms with Crippen molar-refractivity contribution >= 4 is 5.97 Å². The van der Waals surface area contributed by atoms with Crippen LogP contribution in [0.4, 0.5) is 0 Å². The minimum absolute atomic E-state index is 0.606. The first-order valence-corrected chi connectivity index (χ1v) is 7.02. The van der Waals surface area contributed by atoms with E-state index in [0.717, 1.165) is 11.3 Å². The molecular weight excluding hydrogens is 266 g/mol. The molecule has 0 unspecified atom stereocenters. The summed E-state index contributed by atoms with van der Waals surface area (Å²) in [6.45, 7) is 6.73. The Balaban J connectivity index is 2.14. The Labute approximate surface area is 124 Å². The first kappa shape index (κ1) is 15.3. The molecule has 5 heteroatoms. The lowest BCUT2D eigenvalue weighted by Gasteiger charge is -2.34. The second kappa shape index (κ2) is 6.10. The fourth-order valence-electron chi connectivity index (χ4n) is 2.24. The molecule has 0 aliphatic rings. The van der Waals surface area contributed by atoms with Gasteiger partial charge in [0.25, 0.3) is 0 Å². The van der Waals surface area contributed by atoms with Crippen LogP contribution in [0.2, 0.25) is 0 Å². The normalized spacial score (nSPS) is 11.8. The quantitative estimate of drug-likeness (QED) is 0.887. The van der Waals surface area contributed by atoms with Gasteiger partial charge in [0, 0.05) is 18.9 Å². The lowest BCUT2D eigenvalue weighted by molar-refractivity contribution is -0.149. The summed E-state index contributed by atoms with van der Waals surface area (Å²) >= 11 is 0. The third-order valence-electron chi connectivity index (χ3n) is 3.77. The second-order valence-electron chi connectivity index (χ2n) is 5.50. The fraction of sp³-hybridized carbons (Fsp3) is 0.375. The minimum atomic E-state index is -0.880. The number of hydrogen-bond acceptors (Lipinski definition) is 3. The van der Waals surface area contributed by atoms with Crippen LogP contribution in [0.3, 0.4) is 0 Å². The Morgan fingerprint density at radius 1 is 1.33 bits per heavy atom. The van der Waals surface area contributed by atoms with Gasteiger partial charge in [-0.1, -0.05) is 19.1 Å². The van der Waals surface area contributed by atoms with Crippen molar-refractivity contribution in [2.75, 3.05) is 6.54 Å². The minimum Gasteiger partial charge on any atom is -0.480 e. The second-order valence-corrected chi connectivity index (χ2v) is 5.50. The summed E-state index contributed by atoms with van der Waals surface area (Å²) in [5, 5.41) is 13.5. The molecule has 0 atom stereocenters. The van der Waals surface area contributed by atoms with Crippen LogP contribution in [0.5, 0.6) is 0 Å². The number of carbonyl (C=O) groups is 1. The van der Waals surface area contributed by atoms with Gasteiger partial charge in [0.15, 0.2) is 0 Å². The molecule has 0 bridgehead atoms. The number of aliphatic carboxylic acids is 1. The third-order valence-corrected chi connectivity index (χ3v) is 3.77. The summed E-state index contributed by atoms with van der Waals surface area (Å²) in [6, 6.07) is 9.88. The zero-order valence-electron chi connectivity index (χ0n) is 12.7. The molecule has 2 rings (SSSR count). The van der Waals surface area contributed by atoms with Crippen LogP contribution in [0, 0.1) is 0 Å². The van der Waals surface area contributed by atoms with E-state index in [-0.39, 0.29) is 0 Å². The smallest absolute Gasteiger partial charge is 0.323 e. The molecule has 0 radical (unpaired) electrons. The van der Waals surface area contributed by atoms with Gasteiger partial charge < -0.3 is 5.11 Å². The van der Waals surface area contributed by atoms with Crippen molar-refractivity contribution in [2.24, 2.45) is 0 Å². The third kappa shape index (κ3) is 3.31. The van der Waals surface area contributed by atoms with E-state index in [2.05, 4.69) is 5.10 Å². The largest absolute Gasteiger partial charge is 0.480 e. The molecule has 0 saturated heterocycles. The monoisotopic (exact) mass is 287 g/mol. The summed E-state index contributed by atoms with van der Waals surface area (Å²) < 4.78 is 1.79. The van der Waals surface area contributed by atoms with E-state index in [1.165, 1.54) is 0 Å². The fourth-order valence-corrected chi connectivity index (χ4v) is 2.24. The van der Waals surface area contributed by atoms with Crippen LogP contribution in [-0.4, -0.2) is 37.8 Å². The maximum atomic E-state index is 11.4. The zero-order chi connectivity index (χ0) is 15.5. The Morgan fingerprint density at radius 3 is 2.48 bits per heavy atom. The highest BCUT2D eigenvalue weighted by Gasteiger charge is 2.33. The van der Waals surface area contributed by atoms with Crippen molar-refractivity contribution < 1.29 is 9.90 Å². The van der Waals surface area contributed by atoms with Crippen LogP contribution < -0.4 is 0 Å². The molecule has 1 aromatic carbocycles. The predicted molar refractivity (Wildman–Crippen MR) is 81.4 cm³/mol. The van der Waals surface area contributed by atoms with Crippen molar-refractivity contribution in [3.05, 3.63) is 48.3 Å². The highest BCUT2D eigenvalue weighted by molar-refractivity contribution is 5.77. The summed E-state index contributed by atoms with van der Waals surface area (Å²) in [7, 11) is 0. The molecule has 21 heavy (non-hydrogen) atoms. The van der Waals surface area contributed by atoms with Crippen molar-refractivity contribution in [2.45, 2.75) is 32.9 Å². The zero-order valence-corrected chi connectivity index (χ0v) is 12.7. The summed E-state index contributed by atoms with van der Waals surface area (Å²) in [6.07, 6.45) is 3.63. The highest BCUT2D eigenvalue weighted by atomic mass is 16.4. The molecule has 1 N–H and O–H groups in total. The molecule has 112 valence electrons. The first-order valence-electron chi connectivity index (χ1n) is 7.02. The van der Waals surface area contributed by atoms with Crippen molar-refractivity contribution in [1.29, 1.82) is 0 Å². The summed E-state index contributed by atoms with van der Waals surface area (Å²) in [5.74, 6) is -0.808. The number of aromatic nitrogens is 2.